The van der Waals surface area contributed by atoms with Gasteiger partial charge in [-0.15, -0.1) is 11.3 Å². The molecule has 0 atom stereocenters. The zero-order valence-electron chi connectivity index (χ0n) is 10.5. The Morgan fingerprint density at radius 3 is 2.89 bits per heavy atom. The first-order chi connectivity index (χ1) is 8.70. The van der Waals surface area contributed by atoms with Gasteiger partial charge < -0.3 is 10.2 Å². The first-order valence-corrected chi connectivity index (χ1v) is 6.94. The minimum atomic E-state index is 0.770. The van der Waals surface area contributed by atoms with Gasteiger partial charge in [-0.05, 0) is 18.7 Å². The number of benzene rings is 1. The number of anilines is 1. The third kappa shape index (κ3) is 3.22. The lowest BCUT2D eigenvalue weighted by Crippen LogP contribution is -2.16. The van der Waals surface area contributed by atoms with Crippen LogP contribution in [0.25, 0.3) is 0 Å². The van der Waals surface area contributed by atoms with Crippen LogP contribution in [0.15, 0.2) is 30.5 Å². The molecule has 1 N–H and O–H groups in total. The van der Waals surface area contributed by atoms with Crippen LogP contribution < -0.4 is 10.2 Å². The molecule has 18 heavy (non-hydrogen) atoms. The summed E-state index contributed by atoms with van der Waals surface area (Å²) in [6.07, 6.45) is 1.92. The maximum absolute atomic E-state index is 6.16. The summed E-state index contributed by atoms with van der Waals surface area (Å²) in [4.78, 5) is 7.77. The van der Waals surface area contributed by atoms with Gasteiger partial charge in [0.1, 0.15) is 0 Å². The highest BCUT2D eigenvalue weighted by Crippen LogP contribution is 2.24. The van der Waals surface area contributed by atoms with Gasteiger partial charge in [-0.25, -0.2) is 4.98 Å². The lowest BCUT2D eigenvalue weighted by Gasteiger charge is -2.16. The standard InChI is InChI=1S/C13H16ClN3S/c1-15-7-11-8-16-13(18-11)17(2)9-10-5-3-4-6-12(10)14/h3-6,8,15H,7,9H2,1-2H3. The summed E-state index contributed by atoms with van der Waals surface area (Å²) in [5.74, 6) is 0. The molecule has 1 aromatic heterocycles. The number of rotatable bonds is 5. The van der Waals surface area contributed by atoms with Gasteiger partial charge in [0.25, 0.3) is 0 Å². The molecule has 1 heterocycles. The lowest BCUT2D eigenvalue weighted by atomic mass is 10.2. The third-order valence-corrected chi connectivity index (χ3v) is 4.06. The maximum atomic E-state index is 6.16. The highest BCUT2D eigenvalue weighted by Gasteiger charge is 2.09. The number of thiazole rings is 1. The number of nitrogens with one attached hydrogen (secondary N) is 1. The molecule has 0 saturated carbocycles. The Kier molecular flexibility index (Phi) is 4.58. The number of nitrogens with zero attached hydrogens (tertiary/aromatic N) is 2. The van der Waals surface area contributed by atoms with Crippen LogP contribution in [0.5, 0.6) is 0 Å². The smallest absolute Gasteiger partial charge is 0.185 e. The SMILES string of the molecule is CNCc1cnc(N(C)Cc2ccccc2Cl)s1. The highest BCUT2D eigenvalue weighted by molar-refractivity contribution is 7.15. The Morgan fingerprint density at radius 2 is 2.17 bits per heavy atom. The Bertz CT molecular complexity index is 512. The first kappa shape index (κ1) is 13.3. The molecule has 0 spiro atoms. The number of halogens is 1. The first-order valence-electron chi connectivity index (χ1n) is 5.74. The van der Waals surface area contributed by atoms with E-state index in [-0.39, 0.29) is 0 Å². The summed E-state index contributed by atoms with van der Waals surface area (Å²) in [5.41, 5.74) is 1.12. The second-order valence-corrected chi connectivity index (χ2v) is 5.59. The van der Waals surface area contributed by atoms with Crippen molar-refractivity contribution in [1.29, 1.82) is 0 Å². The molecule has 0 bridgehead atoms. The van der Waals surface area contributed by atoms with Crippen molar-refractivity contribution in [2.24, 2.45) is 0 Å². The fourth-order valence-electron chi connectivity index (χ4n) is 1.68. The molecule has 0 saturated heterocycles. The fraction of sp³-hybridized carbons (Fsp3) is 0.308. The molecule has 0 radical (unpaired) electrons. The average molecular weight is 282 g/mol. The van der Waals surface area contributed by atoms with E-state index < -0.39 is 0 Å². The molecule has 2 aromatic rings. The van der Waals surface area contributed by atoms with E-state index in [1.807, 2.05) is 44.6 Å². The molecule has 1 aromatic carbocycles. The predicted octanol–water partition coefficient (Wildman–Crippen LogP) is 3.15. The molecule has 0 unspecified atom stereocenters. The topological polar surface area (TPSA) is 28.2 Å². The summed E-state index contributed by atoms with van der Waals surface area (Å²) in [7, 11) is 3.97. The van der Waals surface area contributed by atoms with Crippen molar-refractivity contribution in [3.05, 3.63) is 45.9 Å². The Hall–Kier alpha value is -1.10. The van der Waals surface area contributed by atoms with Crippen LogP contribution in [0, 0.1) is 0 Å². The Balaban J connectivity index is 2.07. The van der Waals surface area contributed by atoms with Crippen LogP contribution in [-0.4, -0.2) is 19.1 Å². The molecule has 0 fully saturated rings. The van der Waals surface area contributed by atoms with E-state index in [0.29, 0.717) is 0 Å². The summed E-state index contributed by atoms with van der Waals surface area (Å²) in [6, 6.07) is 7.91. The third-order valence-electron chi connectivity index (χ3n) is 2.58. The van der Waals surface area contributed by atoms with Gasteiger partial charge in [-0.2, -0.15) is 0 Å². The van der Waals surface area contributed by atoms with Crippen molar-refractivity contribution in [1.82, 2.24) is 10.3 Å². The van der Waals surface area contributed by atoms with Crippen LogP contribution in [0.2, 0.25) is 5.02 Å². The quantitative estimate of drug-likeness (QED) is 0.912. The minimum absolute atomic E-state index is 0.770. The molecule has 0 aliphatic rings. The van der Waals surface area contributed by atoms with Gasteiger partial charge in [0, 0.05) is 36.2 Å². The minimum Gasteiger partial charge on any atom is -0.347 e. The maximum Gasteiger partial charge on any atom is 0.185 e. The average Bonchev–Trinajstić information content (AvgIpc) is 2.81. The molecule has 2 rings (SSSR count). The fourth-order valence-corrected chi connectivity index (χ4v) is 2.76. The van der Waals surface area contributed by atoms with Crippen molar-refractivity contribution in [2.45, 2.75) is 13.1 Å². The molecule has 0 aliphatic heterocycles. The zero-order valence-corrected chi connectivity index (χ0v) is 12.1. The van der Waals surface area contributed by atoms with E-state index in [9.17, 15) is 0 Å². The Labute approximate surface area is 116 Å². The van der Waals surface area contributed by atoms with E-state index in [2.05, 4.69) is 15.2 Å². The highest BCUT2D eigenvalue weighted by atomic mass is 35.5. The summed E-state index contributed by atoms with van der Waals surface area (Å²) in [5, 5.41) is 4.94. The molecular weight excluding hydrogens is 266 g/mol. The largest absolute Gasteiger partial charge is 0.347 e. The second kappa shape index (κ2) is 6.18. The van der Waals surface area contributed by atoms with Crippen molar-refractivity contribution in [3.8, 4) is 0 Å². The summed E-state index contributed by atoms with van der Waals surface area (Å²) < 4.78 is 0. The molecule has 0 aliphatic carbocycles. The molecule has 5 heteroatoms. The van der Waals surface area contributed by atoms with Crippen LogP contribution in [0.1, 0.15) is 10.4 Å². The summed E-state index contributed by atoms with van der Waals surface area (Å²) in [6.45, 7) is 1.63. The van der Waals surface area contributed by atoms with Crippen LogP contribution >= 0.6 is 22.9 Å². The van der Waals surface area contributed by atoms with Gasteiger partial charge >= 0.3 is 0 Å². The van der Waals surface area contributed by atoms with E-state index in [0.717, 1.165) is 28.8 Å². The molecule has 96 valence electrons. The Morgan fingerprint density at radius 1 is 1.39 bits per heavy atom. The molecular formula is C13H16ClN3S. The van der Waals surface area contributed by atoms with E-state index in [1.54, 1.807) is 11.3 Å². The molecule has 3 nitrogen and oxygen atoms in total. The van der Waals surface area contributed by atoms with Crippen LogP contribution in [0.3, 0.4) is 0 Å². The van der Waals surface area contributed by atoms with Gasteiger partial charge in [0.05, 0.1) is 0 Å². The molecule has 0 amide bonds. The van der Waals surface area contributed by atoms with Crippen molar-refractivity contribution >= 4 is 28.1 Å². The van der Waals surface area contributed by atoms with Crippen molar-refractivity contribution < 1.29 is 0 Å². The van der Waals surface area contributed by atoms with Crippen LogP contribution in [0.4, 0.5) is 5.13 Å². The second-order valence-electron chi connectivity index (χ2n) is 4.09. The normalized spacial score (nSPS) is 10.6. The van der Waals surface area contributed by atoms with Gasteiger partial charge in [0.2, 0.25) is 0 Å². The van der Waals surface area contributed by atoms with Gasteiger partial charge in [-0.3, -0.25) is 0 Å². The summed E-state index contributed by atoms with van der Waals surface area (Å²) >= 11 is 7.86. The number of hydrogen-bond donors (Lipinski definition) is 1. The zero-order chi connectivity index (χ0) is 13.0. The van der Waals surface area contributed by atoms with Gasteiger partial charge in [-0.1, -0.05) is 29.8 Å². The van der Waals surface area contributed by atoms with Crippen molar-refractivity contribution in [2.75, 3.05) is 19.0 Å². The van der Waals surface area contributed by atoms with E-state index >= 15 is 0 Å². The number of hydrogen-bond acceptors (Lipinski definition) is 4. The van der Waals surface area contributed by atoms with E-state index in [4.69, 9.17) is 11.6 Å². The predicted molar refractivity (Wildman–Crippen MR) is 78.4 cm³/mol. The lowest BCUT2D eigenvalue weighted by molar-refractivity contribution is 0.829. The van der Waals surface area contributed by atoms with Crippen molar-refractivity contribution in [3.63, 3.8) is 0 Å². The number of aromatic nitrogens is 1. The monoisotopic (exact) mass is 281 g/mol. The van der Waals surface area contributed by atoms with Crippen LogP contribution in [-0.2, 0) is 13.1 Å². The van der Waals surface area contributed by atoms with E-state index in [1.165, 1.54) is 4.88 Å². The van der Waals surface area contributed by atoms with Gasteiger partial charge in [0.15, 0.2) is 5.13 Å².